The van der Waals surface area contributed by atoms with Crippen molar-refractivity contribution in [3.8, 4) is 0 Å². The summed E-state index contributed by atoms with van der Waals surface area (Å²) >= 11 is 0. The smallest absolute Gasteiger partial charge is 0.143 e. The second-order valence-electron chi connectivity index (χ2n) is 5.26. The first-order valence-corrected chi connectivity index (χ1v) is 5.57. The highest BCUT2D eigenvalue weighted by Crippen LogP contribution is 2.31. The maximum Gasteiger partial charge on any atom is 0.143 e. The summed E-state index contributed by atoms with van der Waals surface area (Å²) in [5.74, 6) is 0. The maximum absolute atomic E-state index is 5.86. The summed E-state index contributed by atoms with van der Waals surface area (Å²) in [6.45, 7) is 8.09. The van der Waals surface area contributed by atoms with Crippen LogP contribution in [0, 0.1) is 0 Å². The first kappa shape index (κ1) is 10.4. The van der Waals surface area contributed by atoms with Crippen LogP contribution >= 0.6 is 0 Å². The van der Waals surface area contributed by atoms with Gasteiger partial charge in [-0.2, -0.15) is 0 Å². The molecule has 0 aromatic heterocycles. The highest BCUT2D eigenvalue weighted by atomic mass is 16.6. The Bertz CT molecular complexity index is 211. The molecule has 0 amide bonds. The van der Waals surface area contributed by atoms with Crippen LogP contribution in [0.3, 0.4) is 0 Å². The molecule has 14 heavy (non-hydrogen) atoms. The van der Waals surface area contributed by atoms with Crippen LogP contribution in [0.2, 0.25) is 0 Å². The zero-order chi connectivity index (χ0) is 10.2. The van der Waals surface area contributed by atoms with Crippen molar-refractivity contribution in [3.63, 3.8) is 0 Å². The Hall–Kier alpha value is -0.120. The molecular formula is C11H21NO2. The molecule has 3 heteroatoms. The van der Waals surface area contributed by atoms with Gasteiger partial charge in [-0.15, -0.1) is 0 Å². The van der Waals surface area contributed by atoms with Crippen molar-refractivity contribution in [3.05, 3.63) is 0 Å². The van der Waals surface area contributed by atoms with Crippen LogP contribution < -0.4 is 5.32 Å². The lowest BCUT2D eigenvalue weighted by Gasteiger charge is -2.37. The van der Waals surface area contributed by atoms with Crippen LogP contribution in [-0.2, 0) is 9.47 Å². The summed E-state index contributed by atoms with van der Waals surface area (Å²) in [4.78, 5) is 0. The van der Waals surface area contributed by atoms with Gasteiger partial charge in [-0.25, -0.2) is 0 Å². The van der Waals surface area contributed by atoms with Crippen LogP contribution in [-0.4, -0.2) is 30.6 Å². The zero-order valence-electron chi connectivity index (χ0n) is 9.43. The van der Waals surface area contributed by atoms with Gasteiger partial charge in [-0.1, -0.05) is 0 Å². The number of rotatable bonds is 1. The molecular weight excluding hydrogens is 178 g/mol. The average molecular weight is 199 g/mol. The number of ether oxygens (including phenoxy) is 2. The Morgan fingerprint density at radius 2 is 2.00 bits per heavy atom. The van der Waals surface area contributed by atoms with Crippen LogP contribution in [0.4, 0.5) is 0 Å². The third-order valence-electron chi connectivity index (χ3n) is 3.11. The van der Waals surface area contributed by atoms with E-state index in [1.807, 2.05) is 0 Å². The SMILES string of the molecule is CC1(C)COC(C)(C2CCCCO2)N1. The summed E-state index contributed by atoms with van der Waals surface area (Å²) in [5, 5.41) is 3.53. The predicted molar refractivity (Wildman–Crippen MR) is 55.2 cm³/mol. The first-order chi connectivity index (χ1) is 6.52. The molecule has 2 fully saturated rings. The van der Waals surface area contributed by atoms with Gasteiger partial charge in [0.2, 0.25) is 0 Å². The van der Waals surface area contributed by atoms with Gasteiger partial charge in [0.05, 0.1) is 12.7 Å². The molecule has 0 saturated carbocycles. The van der Waals surface area contributed by atoms with Crippen molar-refractivity contribution >= 4 is 0 Å². The van der Waals surface area contributed by atoms with E-state index in [4.69, 9.17) is 9.47 Å². The van der Waals surface area contributed by atoms with Crippen molar-refractivity contribution in [2.75, 3.05) is 13.2 Å². The molecule has 2 heterocycles. The van der Waals surface area contributed by atoms with E-state index in [1.54, 1.807) is 0 Å². The van der Waals surface area contributed by atoms with Gasteiger partial charge >= 0.3 is 0 Å². The molecule has 2 aliphatic heterocycles. The van der Waals surface area contributed by atoms with Gasteiger partial charge < -0.3 is 9.47 Å². The molecule has 82 valence electrons. The molecule has 1 N–H and O–H groups in total. The normalized spacial score (nSPS) is 42.6. The van der Waals surface area contributed by atoms with Gasteiger partial charge in [0.1, 0.15) is 5.72 Å². The second-order valence-corrected chi connectivity index (χ2v) is 5.26. The Labute approximate surface area is 86.2 Å². The van der Waals surface area contributed by atoms with Gasteiger partial charge in [0.15, 0.2) is 0 Å². The van der Waals surface area contributed by atoms with Crippen LogP contribution in [0.15, 0.2) is 0 Å². The monoisotopic (exact) mass is 199 g/mol. The largest absolute Gasteiger partial charge is 0.374 e. The summed E-state index contributed by atoms with van der Waals surface area (Å²) in [6.07, 6.45) is 3.78. The van der Waals surface area contributed by atoms with Crippen molar-refractivity contribution in [2.45, 2.75) is 57.4 Å². The molecule has 2 unspecified atom stereocenters. The quantitative estimate of drug-likeness (QED) is 0.697. The summed E-state index contributed by atoms with van der Waals surface area (Å²) in [6, 6.07) is 0. The molecule has 0 spiro atoms. The molecule has 0 aromatic carbocycles. The fourth-order valence-electron chi connectivity index (χ4n) is 2.42. The fourth-order valence-corrected chi connectivity index (χ4v) is 2.42. The van der Waals surface area contributed by atoms with E-state index in [0.29, 0.717) is 0 Å². The van der Waals surface area contributed by atoms with Crippen LogP contribution in [0.25, 0.3) is 0 Å². The number of hydrogen-bond acceptors (Lipinski definition) is 3. The minimum atomic E-state index is -0.274. The molecule has 0 aliphatic carbocycles. The highest BCUT2D eigenvalue weighted by molar-refractivity contribution is 4.97. The van der Waals surface area contributed by atoms with Crippen molar-refractivity contribution in [1.29, 1.82) is 0 Å². The van der Waals surface area contributed by atoms with E-state index in [0.717, 1.165) is 19.6 Å². The Kier molecular flexibility index (Phi) is 2.58. The van der Waals surface area contributed by atoms with Crippen molar-refractivity contribution in [2.24, 2.45) is 0 Å². The Morgan fingerprint density at radius 1 is 1.21 bits per heavy atom. The molecule has 2 saturated heterocycles. The predicted octanol–water partition coefficient (Wildman–Crippen LogP) is 1.67. The van der Waals surface area contributed by atoms with Crippen LogP contribution in [0.5, 0.6) is 0 Å². The van der Waals surface area contributed by atoms with Gasteiger partial charge in [0, 0.05) is 12.1 Å². The lowest BCUT2D eigenvalue weighted by molar-refractivity contribution is -0.135. The van der Waals surface area contributed by atoms with Crippen molar-refractivity contribution < 1.29 is 9.47 Å². The van der Waals surface area contributed by atoms with Gasteiger partial charge in [-0.3, -0.25) is 5.32 Å². The van der Waals surface area contributed by atoms with E-state index in [-0.39, 0.29) is 17.4 Å². The third kappa shape index (κ3) is 1.95. The molecule has 2 atom stereocenters. The summed E-state index contributed by atoms with van der Waals surface area (Å²) in [5.41, 5.74) is -0.195. The number of hydrogen-bond donors (Lipinski definition) is 1. The Balaban J connectivity index is 2.01. The van der Waals surface area contributed by atoms with E-state index in [1.165, 1.54) is 12.8 Å². The summed E-state index contributed by atoms with van der Waals surface area (Å²) in [7, 11) is 0. The zero-order valence-corrected chi connectivity index (χ0v) is 9.43. The van der Waals surface area contributed by atoms with Crippen LogP contribution in [0.1, 0.15) is 40.0 Å². The first-order valence-electron chi connectivity index (χ1n) is 5.57. The van der Waals surface area contributed by atoms with E-state index in [9.17, 15) is 0 Å². The van der Waals surface area contributed by atoms with E-state index >= 15 is 0 Å². The second kappa shape index (κ2) is 3.47. The average Bonchev–Trinajstić information content (AvgIpc) is 2.44. The maximum atomic E-state index is 5.86. The van der Waals surface area contributed by atoms with Gasteiger partial charge in [0.25, 0.3) is 0 Å². The minimum Gasteiger partial charge on any atom is -0.374 e. The lowest BCUT2D eigenvalue weighted by Crippen LogP contribution is -2.55. The molecule has 2 rings (SSSR count). The Morgan fingerprint density at radius 3 is 2.50 bits per heavy atom. The third-order valence-corrected chi connectivity index (χ3v) is 3.11. The molecule has 3 nitrogen and oxygen atoms in total. The van der Waals surface area contributed by atoms with Crippen molar-refractivity contribution in [1.82, 2.24) is 5.32 Å². The standard InChI is InChI=1S/C11H21NO2/c1-10(2)8-14-11(3,12-10)9-6-4-5-7-13-9/h9,12H,4-8H2,1-3H3. The molecule has 2 aliphatic rings. The highest BCUT2D eigenvalue weighted by Gasteiger charge is 2.46. The minimum absolute atomic E-state index is 0.0789. The molecule has 0 radical (unpaired) electrons. The van der Waals surface area contributed by atoms with Gasteiger partial charge in [-0.05, 0) is 40.0 Å². The molecule has 0 aromatic rings. The number of nitrogens with one attached hydrogen (secondary N) is 1. The molecule has 0 bridgehead atoms. The lowest BCUT2D eigenvalue weighted by atomic mass is 9.98. The fraction of sp³-hybridized carbons (Fsp3) is 1.00. The van der Waals surface area contributed by atoms with E-state index in [2.05, 4.69) is 26.1 Å². The topological polar surface area (TPSA) is 30.5 Å². The van der Waals surface area contributed by atoms with E-state index < -0.39 is 0 Å². The summed E-state index contributed by atoms with van der Waals surface area (Å²) < 4.78 is 11.6.